The highest BCUT2D eigenvalue weighted by Crippen LogP contribution is 2.61. The van der Waals surface area contributed by atoms with Gasteiger partial charge in [0, 0.05) is 28.6 Å². The summed E-state index contributed by atoms with van der Waals surface area (Å²) >= 11 is 0. The van der Waals surface area contributed by atoms with Gasteiger partial charge in [0.15, 0.2) is 0 Å². The van der Waals surface area contributed by atoms with Gasteiger partial charge in [0.25, 0.3) is 0 Å². The zero-order valence-electron chi connectivity index (χ0n) is 37.1. The van der Waals surface area contributed by atoms with Gasteiger partial charge >= 0.3 is 0 Å². The third kappa shape index (κ3) is 5.79. The summed E-state index contributed by atoms with van der Waals surface area (Å²) < 4.78 is 0. The van der Waals surface area contributed by atoms with Crippen LogP contribution in [0.2, 0.25) is 0 Å². The van der Waals surface area contributed by atoms with Gasteiger partial charge in [-0.05, 0) is 130 Å². The van der Waals surface area contributed by atoms with Crippen LogP contribution in [-0.2, 0) is 5.41 Å². The molecule has 0 saturated heterocycles. The number of fused-ring (bicyclic) bond motifs is 3. The van der Waals surface area contributed by atoms with Gasteiger partial charge in [-0.1, -0.05) is 220 Å². The van der Waals surface area contributed by atoms with E-state index in [4.69, 9.17) is 0 Å². The summed E-state index contributed by atoms with van der Waals surface area (Å²) in [6.45, 7) is 4.80. The van der Waals surface area contributed by atoms with Crippen molar-refractivity contribution in [2.24, 2.45) is 0 Å². The quantitative estimate of drug-likeness (QED) is 0.155. The fraction of sp³-hybridized carbons (Fsp3) is 0.0769. The van der Waals surface area contributed by atoms with Gasteiger partial charge in [0.2, 0.25) is 0 Å². The fourth-order valence-corrected chi connectivity index (χ4v) is 12.0. The molecular formula is C65H47N. The van der Waals surface area contributed by atoms with Gasteiger partial charge < -0.3 is 4.90 Å². The van der Waals surface area contributed by atoms with E-state index in [0.717, 1.165) is 11.4 Å². The molecule has 0 amide bonds. The Morgan fingerprint density at radius 3 is 1.30 bits per heavy atom. The Bertz CT molecular complexity index is 3430. The van der Waals surface area contributed by atoms with Crippen LogP contribution in [-0.4, -0.2) is 0 Å². The van der Waals surface area contributed by atoms with Crippen LogP contribution < -0.4 is 4.90 Å². The highest BCUT2D eigenvalue weighted by molar-refractivity contribution is 5.98. The molecule has 1 nitrogen and oxygen atoms in total. The number of rotatable bonds is 7. The first-order chi connectivity index (χ1) is 32.5. The molecule has 0 radical (unpaired) electrons. The first kappa shape index (κ1) is 38.5. The van der Waals surface area contributed by atoms with Crippen molar-refractivity contribution in [1.82, 2.24) is 0 Å². The smallest absolute Gasteiger partial charge is 0.0506 e. The summed E-state index contributed by atoms with van der Waals surface area (Å²) in [5.74, 6) is 0.196. The van der Waals surface area contributed by atoms with Crippen LogP contribution in [0.4, 0.5) is 17.1 Å². The van der Waals surface area contributed by atoms with Gasteiger partial charge in [-0.25, -0.2) is 0 Å². The molecule has 10 aromatic rings. The Morgan fingerprint density at radius 2 is 0.727 bits per heavy atom. The monoisotopic (exact) mass is 841 g/mol. The number of nitrogens with zero attached hydrogens (tertiary/aromatic N) is 1. The van der Waals surface area contributed by atoms with E-state index < -0.39 is 0 Å². The lowest BCUT2D eigenvalue weighted by atomic mass is 9.59. The van der Waals surface area contributed by atoms with Crippen LogP contribution in [0.25, 0.3) is 55.6 Å². The fourth-order valence-electron chi connectivity index (χ4n) is 12.0. The predicted molar refractivity (Wildman–Crippen MR) is 275 cm³/mol. The van der Waals surface area contributed by atoms with Crippen molar-refractivity contribution in [2.75, 3.05) is 4.90 Å². The topological polar surface area (TPSA) is 3.24 Å². The molecule has 0 N–H and O–H groups in total. The average Bonchev–Trinajstić information content (AvgIpc) is 3.63. The summed E-state index contributed by atoms with van der Waals surface area (Å²) in [7, 11) is 0. The highest BCUT2D eigenvalue weighted by atomic mass is 15.1. The van der Waals surface area contributed by atoms with E-state index in [1.807, 2.05) is 0 Å². The van der Waals surface area contributed by atoms with E-state index in [-0.39, 0.29) is 17.3 Å². The molecule has 2 bridgehead atoms. The molecule has 0 heterocycles. The van der Waals surface area contributed by atoms with Crippen molar-refractivity contribution < 1.29 is 0 Å². The minimum atomic E-state index is -0.178. The number of benzene rings is 10. The standard InChI is InChI=1S/C65H47N/c1-65(2)57-29-17-16-28-56(57)61-49(44-20-8-4-9-21-44)38-39-51(64(61)65)46-32-36-48(37-33-46)66(47-34-30-43(31-35-47)42-18-6-3-7-19-42)58-41-40-50(45-22-10-5-11-23-45)62-59-52-24-12-14-26-54(52)60(63(58)62)55-27-15-13-25-53(55)59/h3-41,59-60H,1-2H3. The van der Waals surface area contributed by atoms with Gasteiger partial charge in [0.05, 0.1) is 5.69 Å². The van der Waals surface area contributed by atoms with Crippen LogP contribution in [0.3, 0.4) is 0 Å². The Kier molecular flexibility index (Phi) is 8.77. The molecule has 0 aliphatic heterocycles. The van der Waals surface area contributed by atoms with Crippen molar-refractivity contribution in [2.45, 2.75) is 31.1 Å². The summed E-state index contributed by atoms with van der Waals surface area (Å²) in [5, 5.41) is 0. The zero-order chi connectivity index (χ0) is 43.9. The van der Waals surface area contributed by atoms with Gasteiger partial charge in [-0.3, -0.25) is 0 Å². The molecule has 10 aromatic carbocycles. The van der Waals surface area contributed by atoms with Crippen molar-refractivity contribution in [1.29, 1.82) is 0 Å². The predicted octanol–water partition coefficient (Wildman–Crippen LogP) is 17.1. The Morgan fingerprint density at radius 1 is 0.318 bits per heavy atom. The normalized spacial score (nSPS) is 15.5. The Balaban J connectivity index is 1.02. The maximum Gasteiger partial charge on any atom is 0.0506 e. The lowest BCUT2D eigenvalue weighted by Gasteiger charge is -2.45. The van der Waals surface area contributed by atoms with Crippen molar-refractivity contribution in [3.63, 3.8) is 0 Å². The SMILES string of the molecule is CC1(C)c2ccccc2-c2c(-c3ccccc3)ccc(-c3ccc(N(c4ccc(-c5ccccc5)cc4)c4ccc(-c5ccccc5)c5c4C4c6ccccc6C5c5ccccc54)cc3)c21. The summed E-state index contributed by atoms with van der Waals surface area (Å²) in [6, 6.07) is 88.2. The molecule has 0 saturated carbocycles. The third-order valence-corrected chi connectivity index (χ3v) is 14.9. The number of anilines is 3. The Hall–Kier alpha value is -8.00. The van der Waals surface area contributed by atoms with Gasteiger partial charge in [-0.15, -0.1) is 0 Å². The molecule has 0 spiro atoms. The molecule has 4 aliphatic rings. The van der Waals surface area contributed by atoms with Crippen molar-refractivity contribution in [3.05, 3.63) is 281 Å². The second-order valence-corrected chi connectivity index (χ2v) is 18.7. The van der Waals surface area contributed by atoms with Crippen LogP contribution in [0.1, 0.15) is 70.2 Å². The number of hydrogen-bond acceptors (Lipinski definition) is 1. The molecule has 0 unspecified atom stereocenters. The molecule has 312 valence electrons. The first-order valence-electron chi connectivity index (χ1n) is 23.3. The summed E-state index contributed by atoms with van der Waals surface area (Å²) in [4.78, 5) is 2.53. The summed E-state index contributed by atoms with van der Waals surface area (Å²) in [6.07, 6.45) is 0. The molecule has 0 atom stereocenters. The third-order valence-electron chi connectivity index (χ3n) is 14.9. The van der Waals surface area contributed by atoms with Crippen LogP contribution in [0.15, 0.2) is 237 Å². The van der Waals surface area contributed by atoms with E-state index in [1.165, 1.54) is 106 Å². The first-order valence-corrected chi connectivity index (χ1v) is 23.3. The maximum absolute atomic E-state index is 2.53. The van der Waals surface area contributed by atoms with Gasteiger partial charge in [0.1, 0.15) is 0 Å². The highest BCUT2D eigenvalue weighted by Gasteiger charge is 2.45. The lowest BCUT2D eigenvalue weighted by Crippen LogP contribution is -2.30. The van der Waals surface area contributed by atoms with Crippen molar-refractivity contribution in [3.8, 4) is 55.6 Å². The van der Waals surface area contributed by atoms with E-state index in [9.17, 15) is 0 Å². The van der Waals surface area contributed by atoms with Crippen LogP contribution in [0.5, 0.6) is 0 Å². The lowest BCUT2D eigenvalue weighted by molar-refractivity contribution is 0.662. The zero-order valence-corrected chi connectivity index (χ0v) is 37.1. The molecule has 0 aromatic heterocycles. The maximum atomic E-state index is 2.53. The van der Waals surface area contributed by atoms with Gasteiger partial charge in [-0.2, -0.15) is 0 Å². The van der Waals surface area contributed by atoms with E-state index in [1.54, 1.807) is 0 Å². The summed E-state index contributed by atoms with van der Waals surface area (Å²) in [5.41, 5.74) is 27.2. The molecular weight excluding hydrogens is 795 g/mol. The molecule has 14 rings (SSSR count). The minimum absolute atomic E-state index is 0.0796. The molecule has 4 aliphatic carbocycles. The molecule has 0 fully saturated rings. The molecule has 1 heteroatoms. The number of hydrogen-bond donors (Lipinski definition) is 0. The van der Waals surface area contributed by atoms with Crippen LogP contribution >= 0.6 is 0 Å². The largest absolute Gasteiger partial charge is 0.310 e. The van der Waals surface area contributed by atoms with E-state index >= 15 is 0 Å². The average molecular weight is 842 g/mol. The second-order valence-electron chi connectivity index (χ2n) is 18.7. The van der Waals surface area contributed by atoms with Crippen molar-refractivity contribution >= 4 is 17.1 Å². The Labute approximate surface area is 388 Å². The van der Waals surface area contributed by atoms with Crippen LogP contribution in [0, 0.1) is 0 Å². The minimum Gasteiger partial charge on any atom is -0.310 e. The molecule has 66 heavy (non-hydrogen) atoms. The van der Waals surface area contributed by atoms with E-state index in [2.05, 4.69) is 255 Å². The van der Waals surface area contributed by atoms with E-state index in [0.29, 0.717) is 0 Å². The second kappa shape index (κ2) is 15.0.